The summed E-state index contributed by atoms with van der Waals surface area (Å²) in [6, 6.07) is 11.2. The van der Waals surface area contributed by atoms with Crippen molar-refractivity contribution in [1.82, 2.24) is 14.7 Å². The highest BCUT2D eigenvalue weighted by molar-refractivity contribution is 5.93. The first-order chi connectivity index (χ1) is 11.1. The molecule has 120 valence electrons. The number of benzene rings is 1. The second-order valence-corrected chi connectivity index (χ2v) is 5.90. The van der Waals surface area contributed by atoms with Crippen LogP contribution in [-0.2, 0) is 4.79 Å². The zero-order valence-corrected chi connectivity index (χ0v) is 12.9. The van der Waals surface area contributed by atoms with Crippen molar-refractivity contribution in [2.45, 2.75) is 25.8 Å². The Morgan fingerprint density at radius 3 is 2.61 bits per heavy atom. The molecule has 2 heterocycles. The minimum Gasteiger partial charge on any atom is -0.481 e. The van der Waals surface area contributed by atoms with Gasteiger partial charge in [-0.1, -0.05) is 18.2 Å². The molecule has 6 nitrogen and oxygen atoms in total. The number of piperidine rings is 1. The molecule has 23 heavy (non-hydrogen) atoms. The highest BCUT2D eigenvalue weighted by Gasteiger charge is 2.33. The number of nitrogens with zero attached hydrogens (tertiary/aromatic N) is 3. The molecular formula is C17H19N3O3. The molecule has 0 aliphatic carbocycles. The Kier molecular flexibility index (Phi) is 4.14. The van der Waals surface area contributed by atoms with Crippen molar-refractivity contribution in [3.63, 3.8) is 0 Å². The monoisotopic (exact) mass is 313 g/mol. The third-order valence-electron chi connectivity index (χ3n) is 4.32. The van der Waals surface area contributed by atoms with E-state index in [0.29, 0.717) is 18.5 Å². The van der Waals surface area contributed by atoms with Gasteiger partial charge in [-0.25, -0.2) is 4.68 Å². The summed E-state index contributed by atoms with van der Waals surface area (Å²) in [6.07, 6.45) is 3.05. The van der Waals surface area contributed by atoms with E-state index < -0.39 is 11.9 Å². The maximum Gasteiger partial charge on any atom is 0.308 e. The Labute approximate surface area is 134 Å². The van der Waals surface area contributed by atoms with Gasteiger partial charge in [0, 0.05) is 18.8 Å². The average molecular weight is 313 g/mol. The molecule has 3 rings (SSSR count). The molecule has 0 saturated carbocycles. The molecule has 1 aliphatic heterocycles. The summed E-state index contributed by atoms with van der Waals surface area (Å²) in [4.78, 5) is 25.5. The number of likely N-dealkylation sites (tertiary alicyclic amines) is 1. The second kappa shape index (κ2) is 6.24. The SMILES string of the molecule is CC1CCC(C(=O)O)CN1C(=O)c1ccn(-c2ccccc2)n1. The maximum atomic E-state index is 12.7. The number of rotatable bonds is 3. The van der Waals surface area contributed by atoms with Crippen molar-refractivity contribution >= 4 is 11.9 Å². The van der Waals surface area contributed by atoms with Gasteiger partial charge in [0.1, 0.15) is 0 Å². The first kappa shape index (κ1) is 15.3. The summed E-state index contributed by atoms with van der Waals surface area (Å²) < 4.78 is 1.65. The van der Waals surface area contributed by atoms with Crippen LogP contribution in [0.15, 0.2) is 42.6 Å². The molecule has 1 N–H and O–H groups in total. The van der Waals surface area contributed by atoms with E-state index in [-0.39, 0.29) is 18.5 Å². The number of amides is 1. The lowest BCUT2D eigenvalue weighted by molar-refractivity contribution is -0.143. The maximum absolute atomic E-state index is 12.7. The first-order valence-electron chi connectivity index (χ1n) is 7.71. The molecule has 0 radical (unpaired) electrons. The van der Waals surface area contributed by atoms with Gasteiger partial charge in [0.25, 0.3) is 5.91 Å². The fourth-order valence-electron chi connectivity index (χ4n) is 2.90. The molecule has 6 heteroatoms. The largest absolute Gasteiger partial charge is 0.481 e. The highest BCUT2D eigenvalue weighted by Crippen LogP contribution is 2.23. The summed E-state index contributed by atoms with van der Waals surface area (Å²) >= 11 is 0. The zero-order valence-electron chi connectivity index (χ0n) is 12.9. The van der Waals surface area contributed by atoms with Crippen molar-refractivity contribution in [2.24, 2.45) is 5.92 Å². The molecule has 2 atom stereocenters. The molecule has 1 amide bonds. The molecule has 1 aromatic heterocycles. The lowest BCUT2D eigenvalue weighted by Crippen LogP contribution is -2.47. The van der Waals surface area contributed by atoms with E-state index in [1.165, 1.54) is 0 Å². The van der Waals surface area contributed by atoms with Crippen molar-refractivity contribution < 1.29 is 14.7 Å². The van der Waals surface area contributed by atoms with Crippen LogP contribution in [0, 0.1) is 5.92 Å². The van der Waals surface area contributed by atoms with Crippen molar-refractivity contribution in [2.75, 3.05) is 6.54 Å². The van der Waals surface area contributed by atoms with Crippen molar-refractivity contribution in [3.05, 3.63) is 48.3 Å². The van der Waals surface area contributed by atoms with Gasteiger partial charge in [-0.2, -0.15) is 5.10 Å². The van der Waals surface area contributed by atoms with Crippen LogP contribution < -0.4 is 0 Å². The van der Waals surface area contributed by atoms with Gasteiger partial charge >= 0.3 is 5.97 Å². The van der Waals surface area contributed by atoms with Gasteiger partial charge in [0.15, 0.2) is 5.69 Å². The van der Waals surface area contributed by atoms with E-state index in [1.807, 2.05) is 37.3 Å². The molecular weight excluding hydrogens is 294 g/mol. The Morgan fingerprint density at radius 1 is 1.17 bits per heavy atom. The summed E-state index contributed by atoms with van der Waals surface area (Å²) in [5.74, 6) is -1.55. The van der Waals surface area contributed by atoms with Gasteiger partial charge in [-0.15, -0.1) is 0 Å². The number of carboxylic acids is 1. The fourth-order valence-corrected chi connectivity index (χ4v) is 2.90. The fraction of sp³-hybridized carbons (Fsp3) is 0.353. The summed E-state index contributed by atoms with van der Waals surface area (Å²) in [6.45, 7) is 2.19. The molecule has 1 aromatic carbocycles. The Balaban J connectivity index is 1.80. The molecule has 0 bridgehead atoms. The van der Waals surface area contributed by atoms with Gasteiger partial charge < -0.3 is 10.0 Å². The third-order valence-corrected chi connectivity index (χ3v) is 4.32. The van der Waals surface area contributed by atoms with Crippen LogP contribution in [0.3, 0.4) is 0 Å². The number of aliphatic carboxylic acids is 1. The van der Waals surface area contributed by atoms with Crippen LogP contribution >= 0.6 is 0 Å². The minimum atomic E-state index is -0.843. The molecule has 1 aliphatic rings. The van der Waals surface area contributed by atoms with E-state index >= 15 is 0 Å². The number of para-hydroxylation sites is 1. The van der Waals surface area contributed by atoms with Gasteiger partial charge in [0.05, 0.1) is 11.6 Å². The zero-order chi connectivity index (χ0) is 16.4. The van der Waals surface area contributed by atoms with Crippen molar-refractivity contribution in [3.8, 4) is 5.69 Å². The molecule has 1 saturated heterocycles. The van der Waals surface area contributed by atoms with Crippen LogP contribution in [0.1, 0.15) is 30.3 Å². The number of hydrogen-bond acceptors (Lipinski definition) is 3. The number of hydrogen-bond donors (Lipinski definition) is 1. The van der Waals surface area contributed by atoms with Crippen LogP contribution in [0.25, 0.3) is 5.69 Å². The molecule has 2 aromatic rings. The summed E-state index contributed by atoms with van der Waals surface area (Å²) in [5, 5.41) is 13.5. The lowest BCUT2D eigenvalue weighted by atomic mass is 9.93. The predicted octanol–water partition coefficient (Wildman–Crippen LogP) is 2.20. The van der Waals surface area contributed by atoms with Crippen LogP contribution in [0.5, 0.6) is 0 Å². The Hall–Kier alpha value is -2.63. The van der Waals surface area contributed by atoms with E-state index in [4.69, 9.17) is 0 Å². The van der Waals surface area contributed by atoms with Crippen LogP contribution in [-0.4, -0.2) is 44.3 Å². The second-order valence-electron chi connectivity index (χ2n) is 5.90. The van der Waals surface area contributed by atoms with Gasteiger partial charge in [0.2, 0.25) is 0 Å². The van der Waals surface area contributed by atoms with E-state index in [2.05, 4.69) is 5.10 Å². The molecule has 0 spiro atoms. The van der Waals surface area contributed by atoms with Crippen molar-refractivity contribution in [1.29, 1.82) is 0 Å². The number of carboxylic acid groups (broad SMARTS) is 1. The Bertz CT molecular complexity index is 711. The highest BCUT2D eigenvalue weighted by atomic mass is 16.4. The Morgan fingerprint density at radius 2 is 1.91 bits per heavy atom. The molecule has 2 unspecified atom stereocenters. The topological polar surface area (TPSA) is 75.4 Å². The van der Waals surface area contributed by atoms with E-state index in [0.717, 1.165) is 5.69 Å². The van der Waals surface area contributed by atoms with Gasteiger partial charge in [-0.05, 0) is 38.0 Å². The lowest BCUT2D eigenvalue weighted by Gasteiger charge is -2.36. The number of carbonyl (C=O) groups is 2. The van der Waals surface area contributed by atoms with Crippen LogP contribution in [0.2, 0.25) is 0 Å². The number of carbonyl (C=O) groups excluding carboxylic acids is 1. The van der Waals surface area contributed by atoms with Gasteiger partial charge in [-0.3, -0.25) is 9.59 Å². The first-order valence-corrected chi connectivity index (χ1v) is 7.71. The normalized spacial score (nSPS) is 21.2. The molecule has 1 fully saturated rings. The number of aromatic nitrogens is 2. The van der Waals surface area contributed by atoms with Crippen LogP contribution in [0.4, 0.5) is 0 Å². The quantitative estimate of drug-likeness (QED) is 0.942. The standard InChI is InChI=1S/C17H19N3O3/c1-12-7-8-13(17(22)23)11-19(12)16(21)15-9-10-20(18-15)14-5-3-2-4-6-14/h2-6,9-10,12-13H,7-8,11H2,1H3,(H,22,23). The third kappa shape index (κ3) is 3.11. The van der Waals surface area contributed by atoms with E-state index in [1.54, 1.807) is 21.8 Å². The predicted molar refractivity (Wildman–Crippen MR) is 84.4 cm³/mol. The summed E-state index contributed by atoms with van der Waals surface area (Å²) in [7, 11) is 0. The average Bonchev–Trinajstić information content (AvgIpc) is 3.05. The minimum absolute atomic E-state index is 0.0278. The smallest absolute Gasteiger partial charge is 0.308 e. The van der Waals surface area contributed by atoms with E-state index in [9.17, 15) is 14.7 Å². The summed E-state index contributed by atoms with van der Waals surface area (Å²) in [5.41, 5.74) is 1.22.